The lowest BCUT2D eigenvalue weighted by atomic mass is 9.70. The average Bonchev–Trinajstić information content (AvgIpc) is 1.53. The number of fused-ring (bicyclic) bond motifs is 3. The summed E-state index contributed by atoms with van der Waals surface area (Å²) in [6, 6.07) is -12.8. The van der Waals surface area contributed by atoms with Gasteiger partial charge in [-0.2, -0.15) is 0 Å². The van der Waals surface area contributed by atoms with Gasteiger partial charge in [0.15, 0.2) is 0 Å². The number of carbonyl (C=O) groups excluding carboxylic acids is 15. The van der Waals surface area contributed by atoms with E-state index in [1.807, 2.05) is 118 Å². The van der Waals surface area contributed by atoms with E-state index >= 15 is 0 Å². The van der Waals surface area contributed by atoms with Gasteiger partial charge in [0, 0.05) is 79.5 Å². The van der Waals surface area contributed by atoms with Gasteiger partial charge in [-0.1, -0.05) is 242 Å². The maximum Gasteiger partial charge on any atom is 0.315 e. The lowest BCUT2D eigenvalue weighted by Crippen LogP contribution is -2.64. The molecule has 42 heteroatoms. The molecule has 0 aromatic heterocycles. The van der Waals surface area contributed by atoms with Crippen LogP contribution in [-0.2, 0) is 87.6 Å². The number of urea groups is 3. The van der Waals surface area contributed by atoms with Crippen molar-refractivity contribution >= 4 is 119 Å². The fraction of sp³-hybridized carbons (Fsp3) is 0.822. The van der Waals surface area contributed by atoms with Gasteiger partial charge in [-0.15, -0.1) is 13.2 Å². The van der Waals surface area contributed by atoms with Crippen LogP contribution in [0.2, 0.25) is 0 Å². The molecule has 0 aromatic rings. The molecule has 149 heavy (non-hydrogen) atoms. The van der Waals surface area contributed by atoms with Crippen molar-refractivity contribution in [1.29, 1.82) is 0 Å². The summed E-state index contributed by atoms with van der Waals surface area (Å²) in [6.07, 6.45) is 18.3. The molecule has 0 spiro atoms. The molecule has 12 fully saturated rings. The molecule has 2 unspecified atom stereocenters. The number of hydrogen-bond acceptors (Lipinski definition) is 21. The molecule has 6 heterocycles. The molecule has 6 aliphatic heterocycles. The minimum absolute atomic E-state index is 0.00144. The van der Waals surface area contributed by atoms with Gasteiger partial charge in [0.25, 0.3) is 17.7 Å². The number of likely N-dealkylation sites (tertiary alicyclic amines) is 3. The Kier molecular flexibility index (Phi) is 38.8. The first-order valence-corrected chi connectivity index (χ1v) is 59.1. The number of sulfonamides is 3. The number of Topliss-reactive ketones (excluding diaryl/α,β-unsaturated/α-hetero) is 3. The summed E-state index contributed by atoms with van der Waals surface area (Å²) in [6.45, 7) is 54.0. The van der Waals surface area contributed by atoms with E-state index in [0.29, 0.717) is 110 Å². The first-order chi connectivity index (χ1) is 69.0. The van der Waals surface area contributed by atoms with Crippen LogP contribution in [0.4, 0.5) is 14.4 Å². The third-order valence-corrected chi connectivity index (χ3v) is 42.1. The van der Waals surface area contributed by atoms with E-state index in [1.165, 1.54) is 37.0 Å². The maximum absolute atomic E-state index is 14.8. The fourth-order valence-electron chi connectivity index (χ4n) is 25.1. The highest BCUT2D eigenvalue weighted by atomic mass is 32.2. The Morgan fingerprint density at radius 2 is 0.651 bits per heavy atom. The number of carbonyl (C=O) groups is 15. The average molecular weight is 2150 g/mol. The number of hydrogen-bond donors (Lipinski definition) is 12. The summed E-state index contributed by atoms with van der Waals surface area (Å²) in [5.41, 5.74) is -4.40. The quantitative estimate of drug-likeness (QED) is 0.0205. The molecule has 12 N–H and O–H groups in total. The lowest BCUT2D eigenvalue weighted by molar-refractivity contribution is -0.146. The highest BCUT2D eigenvalue weighted by Crippen LogP contribution is 2.68. The van der Waals surface area contributed by atoms with Crippen molar-refractivity contribution in [2.75, 3.05) is 73.5 Å². The van der Waals surface area contributed by atoms with Gasteiger partial charge >= 0.3 is 18.1 Å². The Morgan fingerprint density at radius 3 is 0.913 bits per heavy atom. The van der Waals surface area contributed by atoms with Crippen molar-refractivity contribution in [2.24, 2.45) is 84.2 Å². The first-order valence-electron chi connectivity index (χ1n) is 54.6. The van der Waals surface area contributed by atoms with E-state index in [1.54, 1.807) is 23.9 Å². The first kappa shape index (κ1) is 122. The van der Waals surface area contributed by atoms with E-state index in [0.717, 1.165) is 64.2 Å². The van der Waals surface area contributed by atoms with Crippen LogP contribution in [0.15, 0.2) is 25.3 Å². The topological polar surface area (TPSA) is 522 Å². The maximum atomic E-state index is 14.8. The van der Waals surface area contributed by atoms with Gasteiger partial charge in [-0.05, 0) is 161 Å². The number of piperidine rings is 3. The SMILES string of the molecule is C=CCNC(=O)C(=O)C(CCC)NC(=O)[C@@H]1[C@@H]2[C@H](CN1C(=O)[C@@H](NC(=O)N[C@H]([C@H]1CCN(C)S1(=O)=O)C(C)(C)C)C1(C)CCCCC1)C2(C)C.C=CCNC(=O)C(=O)C(CCCC)NC(=O)[C@@H]1[C@@H]2[C@H](CN1C(=O)[C@@H](NC(=O)N[C@H]([C@H]1CCN(C)S1(=O)=O)C(C)(C)C)C1(C)CCCCC1)C2(C)C.CCCC[C@H](NC(=O)[C@@H]1[C@@H]2[C@H](CN1C(=O)[C@@H](NC(=O)N[C@H]([C@H]1CCN(C)S1(=O)=O)C(C)(C)C)C(C)(C)C)C2(C)C)C(=O)C(=O)NC1CC1. The van der Waals surface area contributed by atoms with E-state index in [-0.39, 0.29) is 95.5 Å². The van der Waals surface area contributed by atoms with Crippen LogP contribution in [0.5, 0.6) is 0 Å². The van der Waals surface area contributed by atoms with Crippen LogP contribution in [0, 0.1) is 84.2 Å². The van der Waals surface area contributed by atoms with Gasteiger partial charge in [0.2, 0.25) is 82.9 Å². The predicted octanol–water partition coefficient (Wildman–Crippen LogP) is 7.97. The van der Waals surface area contributed by atoms with Crippen LogP contribution < -0.4 is 63.8 Å². The number of nitrogens with one attached hydrogen (secondary N) is 12. The van der Waals surface area contributed by atoms with Crippen molar-refractivity contribution in [3.8, 4) is 0 Å². The second kappa shape index (κ2) is 47.3. The summed E-state index contributed by atoms with van der Waals surface area (Å²) in [4.78, 5) is 210. The standard InChI is InChI=1S/C37H62N6O7S.C36H60N6O7S.C34H58N6O7S/c1-10-12-16-24(28(44)32(46)38-20-11-2)39-31(45)27-26-23(36(26,6)7)22-43(27)33(47)30(37(8)18-14-13-15-19-37)41-34(48)40-29(35(3,4)5)25-17-21-42(9)51(25,49)50;1-10-15-23(27(43)31(45)37-19-11-2)38-30(44)26-25-22(35(25,6)7)21-42(26)32(46)29(36(8)17-13-12-14-18-36)40-33(47)39-28(34(3,4)5)24-16-20-41(9)50(24,48)49;1-11-12-13-21(25(41)29(43)35-19-14-15-19)36-28(42)24-23-20(34(23,8)9)18-40(24)30(44)27(33(5,6)7)38-31(45)37-26(32(2,3)4)22-16-17-39(10)48(22,46)47/h11,23-27,29-30H,2,10,12-22H2,1,3-9H3,(H,38,46)(H,39,45)(H2,40,41,48);11,22-26,28-29H,2,10,12-21H2,1,3-9H3,(H,37,45)(H,38,44)(H2,39,40,47);19-24,26-27H,11-18H2,1-10H3,(H,35,43)(H,36,42)(H2,37,38,45)/t23-,24?,25+,26-,27-,29+,30+;22-,23?,24+,25-,26-,28+,29+;20-,21-,22+,23-,24-,26+,27+/m000/s1. The highest BCUT2D eigenvalue weighted by molar-refractivity contribution is 7.90. The van der Waals surface area contributed by atoms with Crippen LogP contribution in [-0.4, -0.2) is 309 Å². The molecule has 0 bridgehead atoms. The largest absolute Gasteiger partial charge is 0.347 e. The number of amides is 15. The van der Waals surface area contributed by atoms with Crippen molar-refractivity contribution < 1.29 is 97.2 Å². The Morgan fingerprint density at radius 1 is 0.362 bits per heavy atom. The Labute approximate surface area is 886 Å². The molecule has 12 rings (SSSR count). The smallest absolute Gasteiger partial charge is 0.315 e. The predicted molar refractivity (Wildman–Crippen MR) is 569 cm³/mol. The molecule has 12 aliphatic rings. The van der Waals surface area contributed by atoms with Gasteiger partial charge < -0.3 is 78.5 Å². The van der Waals surface area contributed by atoms with Crippen molar-refractivity contribution in [3.63, 3.8) is 0 Å². The third kappa shape index (κ3) is 27.3. The van der Waals surface area contributed by atoms with Crippen LogP contribution >= 0.6 is 0 Å². The molecule has 0 radical (unpaired) electrons. The Bertz CT molecular complexity index is 5340. The summed E-state index contributed by atoms with van der Waals surface area (Å²) in [7, 11) is -6.26. The number of nitrogens with zero attached hydrogens (tertiary/aromatic N) is 6. The fourth-order valence-corrected chi connectivity index (χ4v) is 31.2. The van der Waals surface area contributed by atoms with Crippen molar-refractivity contribution in [2.45, 2.75) is 401 Å². The third-order valence-electron chi connectivity index (χ3n) is 35.1. The molecular weight excluding hydrogens is 1970 g/mol. The molecule has 6 saturated carbocycles. The van der Waals surface area contributed by atoms with Crippen molar-refractivity contribution in [3.05, 3.63) is 25.3 Å². The summed E-state index contributed by atoms with van der Waals surface area (Å²) in [5.74, 6) is -7.34. The van der Waals surface area contributed by atoms with Gasteiger partial charge in [0.05, 0.1) is 52.0 Å². The number of rotatable bonds is 39. The summed E-state index contributed by atoms with van der Waals surface area (Å²) in [5, 5.41) is 31.5. The van der Waals surface area contributed by atoms with E-state index in [9.17, 15) is 97.2 Å². The monoisotopic (exact) mass is 2150 g/mol. The summed E-state index contributed by atoms with van der Waals surface area (Å²) >= 11 is 0. The number of unbranched alkanes of at least 4 members (excludes halogenated alkanes) is 2. The molecule has 39 nitrogen and oxygen atoms in total. The number of ketones is 3. The van der Waals surface area contributed by atoms with Gasteiger partial charge in [-0.25, -0.2) is 52.6 Å². The molecule has 15 amide bonds. The molecule has 21 atom stereocenters. The second-order valence-corrected chi connectivity index (χ2v) is 58.1. The zero-order valence-corrected chi connectivity index (χ0v) is 96.1. The zero-order chi connectivity index (χ0) is 112. The van der Waals surface area contributed by atoms with Crippen LogP contribution in [0.3, 0.4) is 0 Å². The molecule has 0 aromatic carbocycles. The zero-order valence-electron chi connectivity index (χ0n) is 93.7. The molecule has 6 aliphatic carbocycles. The normalized spacial score (nSPS) is 28.2. The second-order valence-electron chi connectivity index (χ2n) is 51.3. The minimum Gasteiger partial charge on any atom is -0.347 e. The van der Waals surface area contributed by atoms with Gasteiger partial charge in [0.1, 0.15) is 36.3 Å². The minimum atomic E-state index is -3.63. The Balaban J connectivity index is 0.000000229. The van der Waals surface area contributed by atoms with E-state index in [2.05, 4.69) is 119 Å². The van der Waals surface area contributed by atoms with E-state index in [4.69, 9.17) is 0 Å². The molecular formula is C107H180N18O21S3. The summed E-state index contributed by atoms with van der Waals surface area (Å²) < 4.78 is 83.0. The Hall–Kier alpha value is -8.74. The molecule has 6 saturated heterocycles. The van der Waals surface area contributed by atoms with E-state index < -0.39 is 228 Å². The molecule has 842 valence electrons. The highest BCUT2D eigenvalue weighted by Gasteiger charge is 2.73. The van der Waals surface area contributed by atoms with Crippen molar-refractivity contribution in [1.82, 2.24) is 91.4 Å². The lowest BCUT2D eigenvalue weighted by Gasteiger charge is -2.43. The van der Waals surface area contributed by atoms with Crippen LogP contribution in [0.1, 0.15) is 307 Å². The van der Waals surface area contributed by atoms with Crippen LogP contribution in [0.25, 0.3) is 0 Å². The van der Waals surface area contributed by atoms with Gasteiger partial charge in [-0.3, -0.25) is 57.5 Å².